The van der Waals surface area contributed by atoms with Gasteiger partial charge in [0.05, 0.1) is 7.11 Å². The molecule has 0 aromatic heterocycles. The highest BCUT2D eigenvalue weighted by atomic mass is 127. The third-order valence-corrected chi connectivity index (χ3v) is 5.02. The van der Waals surface area contributed by atoms with Crippen LogP contribution < -0.4 is 20.7 Å². The van der Waals surface area contributed by atoms with Crippen LogP contribution >= 0.6 is 24.0 Å². The molecule has 0 spiro atoms. The highest BCUT2D eigenvalue weighted by Gasteiger charge is 2.23. The van der Waals surface area contributed by atoms with E-state index in [0.717, 1.165) is 44.3 Å². The van der Waals surface area contributed by atoms with Crippen molar-refractivity contribution in [2.45, 2.75) is 25.7 Å². The Morgan fingerprint density at radius 2 is 2.17 bits per heavy atom. The third-order valence-electron chi connectivity index (χ3n) is 5.02. The van der Waals surface area contributed by atoms with Crippen molar-refractivity contribution in [3.05, 3.63) is 24.3 Å². The van der Waals surface area contributed by atoms with Crippen LogP contribution in [0.5, 0.6) is 5.75 Å². The van der Waals surface area contributed by atoms with Gasteiger partial charge in [0.1, 0.15) is 5.75 Å². The Balaban J connectivity index is 0.00000208. The molecule has 1 aliphatic carbocycles. The summed E-state index contributed by atoms with van der Waals surface area (Å²) in [6, 6.07) is 8.26. The van der Waals surface area contributed by atoms with Crippen molar-refractivity contribution in [3.63, 3.8) is 0 Å². The second-order valence-corrected chi connectivity index (χ2v) is 6.71. The predicted octanol–water partition coefficient (Wildman–Crippen LogP) is 2.84. The average molecular weight is 444 g/mol. The van der Waals surface area contributed by atoms with Crippen molar-refractivity contribution in [2.75, 3.05) is 38.2 Å². The maximum atomic E-state index is 5.97. The summed E-state index contributed by atoms with van der Waals surface area (Å²) in [5.74, 6) is 2.90. The number of rotatable bonds is 6. The maximum Gasteiger partial charge on any atom is 0.188 e. The fourth-order valence-electron chi connectivity index (χ4n) is 3.25. The topological polar surface area (TPSA) is 62.9 Å². The zero-order valence-electron chi connectivity index (χ0n) is 14.4. The number of methoxy groups -OCH3 is 1. The molecular formula is C18H29IN4O. The molecule has 0 bridgehead atoms. The van der Waals surface area contributed by atoms with Crippen LogP contribution in [0.25, 0.3) is 0 Å². The van der Waals surface area contributed by atoms with E-state index >= 15 is 0 Å². The molecule has 5 nitrogen and oxygen atoms in total. The molecule has 0 amide bonds. The van der Waals surface area contributed by atoms with Crippen molar-refractivity contribution in [3.8, 4) is 5.75 Å². The van der Waals surface area contributed by atoms with Gasteiger partial charge in [-0.05, 0) is 43.2 Å². The molecule has 24 heavy (non-hydrogen) atoms. The van der Waals surface area contributed by atoms with Gasteiger partial charge in [-0.15, -0.1) is 24.0 Å². The molecule has 1 saturated carbocycles. The molecule has 1 saturated heterocycles. The number of hydrogen-bond acceptors (Lipinski definition) is 3. The van der Waals surface area contributed by atoms with E-state index in [2.05, 4.69) is 27.3 Å². The summed E-state index contributed by atoms with van der Waals surface area (Å²) in [4.78, 5) is 6.93. The summed E-state index contributed by atoms with van der Waals surface area (Å²) in [5, 5.41) is 3.26. The Labute approximate surface area is 162 Å². The molecule has 1 unspecified atom stereocenters. The number of hydrogen-bond donors (Lipinski definition) is 2. The number of nitrogens with one attached hydrogen (secondary N) is 1. The minimum atomic E-state index is 0. The smallest absolute Gasteiger partial charge is 0.188 e. The number of anilines is 1. The number of guanidine groups is 1. The summed E-state index contributed by atoms with van der Waals surface area (Å²) in [5.41, 5.74) is 7.20. The van der Waals surface area contributed by atoms with E-state index in [4.69, 9.17) is 10.5 Å². The summed E-state index contributed by atoms with van der Waals surface area (Å²) < 4.78 is 5.31. The molecule has 1 aromatic rings. The lowest BCUT2D eigenvalue weighted by Gasteiger charge is -2.25. The number of ether oxygens (including phenoxy) is 1. The lowest BCUT2D eigenvalue weighted by Crippen LogP contribution is -2.37. The number of nitrogens with zero attached hydrogens (tertiary/aromatic N) is 2. The first-order valence-electron chi connectivity index (χ1n) is 8.67. The quantitative estimate of drug-likeness (QED) is 0.403. The molecular weight excluding hydrogens is 415 g/mol. The van der Waals surface area contributed by atoms with Gasteiger partial charge in [-0.25, -0.2) is 0 Å². The third kappa shape index (κ3) is 5.16. The summed E-state index contributed by atoms with van der Waals surface area (Å²) in [6.07, 6.45) is 5.19. The second kappa shape index (κ2) is 9.34. The van der Waals surface area contributed by atoms with Crippen molar-refractivity contribution in [1.82, 2.24) is 5.32 Å². The summed E-state index contributed by atoms with van der Waals surface area (Å²) in [7, 11) is 1.71. The van der Waals surface area contributed by atoms with Crippen molar-refractivity contribution >= 4 is 35.6 Å². The van der Waals surface area contributed by atoms with Gasteiger partial charge < -0.3 is 20.7 Å². The van der Waals surface area contributed by atoms with Gasteiger partial charge in [0.2, 0.25) is 0 Å². The standard InChI is InChI=1S/C18H28N4O.HI/c1-23-17-7-3-6-16(10-17)22-9-8-15(13-22)12-21-18(19)20-11-14-4-2-5-14;/h3,6-7,10,14-15H,2,4-5,8-9,11-13H2,1H3,(H3,19,20,21);1H. The average Bonchev–Trinajstić information content (AvgIpc) is 3.00. The highest BCUT2D eigenvalue weighted by Crippen LogP contribution is 2.27. The van der Waals surface area contributed by atoms with Crippen LogP contribution in [0.2, 0.25) is 0 Å². The predicted molar refractivity (Wildman–Crippen MR) is 111 cm³/mol. The molecule has 1 aromatic carbocycles. The van der Waals surface area contributed by atoms with Crippen molar-refractivity contribution < 1.29 is 4.74 Å². The number of halogens is 1. The van der Waals surface area contributed by atoms with Gasteiger partial charge in [0.15, 0.2) is 5.96 Å². The SMILES string of the molecule is COc1cccc(N2CCC(CN=C(N)NCC3CCC3)C2)c1.I. The lowest BCUT2D eigenvalue weighted by atomic mass is 9.85. The zero-order valence-corrected chi connectivity index (χ0v) is 16.7. The van der Waals surface area contributed by atoms with Crippen LogP contribution in [-0.2, 0) is 0 Å². The Bertz CT molecular complexity index is 548. The first kappa shape index (κ1) is 19.1. The molecule has 2 fully saturated rings. The van der Waals surface area contributed by atoms with Crippen LogP contribution in [0, 0.1) is 11.8 Å². The summed E-state index contributed by atoms with van der Waals surface area (Å²) in [6.45, 7) is 3.90. The zero-order chi connectivity index (χ0) is 16.1. The van der Waals surface area contributed by atoms with Gasteiger partial charge in [-0.2, -0.15) is 0 Å². The number of benzene rings is 1. The van der Waals surface area contributed by atoms with Gasteiger partial charge in [-0.3, -0.25) is 4.99 Å². The van der Waals surface area contributed by atoms with E-state index in [-0.39, 0.29) is 24.0 Å². The first-order valence-corrected chi connectivity index (χ1v) is 8.67. The molecule has 3 rings (SSSR count). The van der Waals surface area contributed by atoms with Crippen molar-refractivity contribution in [2.24, 2.45) is 22.6 Å². The Morgan fingerprint density at radius 1 is 1.33 bits per heavy atom. The number of aliphatic imine (C=N–C) groups is 1. The van der Waals surface area contributed by atoms with Crippen LogP contribution in [-0.4, -0.2) is 39.2 Å². The first-order chi connectivity index (χ1) is 11.2. The molecule has 1 atom stereocenters. The molecule has 0 radical (unpaired) electrons. The van der Waals surface area contributed by atoms with Crippen LogP contribution in [0.1, 0.15) is 25.7 Å². The van der Waals surface area contributed by atoms with E-state index in [1.165, 1.54) is 24.9 Å². The van der Waals surface area contributed by atoms with Gasteiger partial charge in [-0.1, -0.05) is 12.5 Å². The minimum Gasteiger partial charge on any atom is -0.497 e. The normalized spacial score (nSPS) is 21.1. The Hall–Kier alpha value is -1.18. The van der Waals surface area contributed by atoms with Crippen LogP contribution in [0.3, 0.4) is 0 Å². The van der Waals surface area contributed by atoms with E-state index < -0.39 is 0 Å². The highest BCUT2D eigenvalue weighted by molar-refractivity contribution is 14.0. The fraction of sp³-hybridized carbons (Fsp3) is 0.611. The molecule has 6 heteroatoms. The fourth-order valence-corrected chi connectivity index (χ4v) is 3.25. The van der Waals surface area contributed by atoms with Gasteiger partial charge in [0, 0.05) is 37.9 Å². The number of nitrogens with two attached hydrogens (primary N) is 1. The molecule has 3 N–H and O–H groups in total. The van der Waals surface area contributed by atoms with E-state index in [0.29, 0.717) is 11.9 Å². The summed E-state index contributed by atoms with van der Waals surface area (Å²) >= 11 is 0. The van der Waals surface area contributed by atoms with E-state index in [1.54, 1.807) is 7.11 Å². The molecule has 1 heterocycles. The lowest BCUT2D eigenvalue weighted by molar-refractivity contribution is 0.315. The second-order valence-electron chi connectivity index (χ2n) is 6.71. The maximum absolute atomic E-state index is 5.97. The Kier molecular flexibility index (Phi) is 7.45. The monoisotopic (exact) mass is 444 g/mol. The van der Waals surface area contributed by atoms with Gasteiger partial charge in [0.25, 0.3) is 0 Å². The van der Waals surface area contributed by atoms with Gasteiger partial charge >= 0.3 is 0 Å². The van der Waals surface area contributed by atoms with E-state index in [1.807, 2.05) is 12.1 Å². The minimum absolute atomic E-state index is 0. The van der Waals surface area contributed by atoms with E-state index in [9.17, 15) is 0 Å². The molecule has 1 aliphatic heterocycles. The largest absolute Gasteiger partial charge is 0.497 e. The molecule has 2 aliphatic rings. The molecule has 134 valence electrons. The van der Waals surface area contributed by atoms with Crippen LogP contribution in [0.4, 0.5) is 5.69 Å². The van der Waals surface area contributed by atoms with Crippen molar-refractivity contribution in [1.29, 1.82) is 0 Å². The Morgan fingerprint density at radius 3 is 2.88 bits per heavy atom. The van der Waals surface area contributed by atoms with Crippen LogP contribution in [0.15, 0.2) is 29.3 Å².